The first-order chi connectivity index (χ1) is 16.4. The van der Waals surface area contributed by atoms with Crippen molar-refractivity contribution in [3.05, 3.63) is 77.8 Å². The number of hydrogen-bond acceptors (Lipinski definition) is 5. The second kappa shape index (κ2) is 10.5. The van der Waals surface area contributed by atoms with Gasteiger partial charge < -0.3 is 14.8 Å². The highest BCUT2D eigenvalue weighted by atomic mass is 35.5. The summed E-state index contributed by atoms with van der Waals surface area (Å²) >= 11 is 6.16. The van der Waals surface area contributed by atoms with Crippen molar-refractivity contribution in [2.45, 2.75) is 17.7 Å². The zero-order valence-corrected chi connectivity index (χ0v) is 20.2. The summed E-state index contributed by atoms with van der Waals surface area (Å²) in [6, 6.07) is 20.4. The van der Waals surface area contributed by atoms with Crippen molar-refractivity contribution in [1.82, 2.24) is 4.31 Å². The molecule has 3 aromatic rings. The van der Waals surface area contributed by atoms with Crippen LogP contribution in [0, 0.1) is 5.92 Å². The van der Waals surface area contributed by atoms with Crippen LogP contribution in [-0.2, 0) is 14.8 Å². The lowest BCUT2D eigenvalue weighted by molar-refractivity contribution is -0.120. The molecule has 1 aliphatic heterocycles. The van der Waals surface area contributed by atoms with Gasteiger partial charge in [0.05, 0.1) is 17.7 Å². The van der Waals surface area contributed by atoms with Gasteiger partial charge in [0.1, 0.15) is 11.5 Å². The summed E-state index contributed by atoms with van der Waals surface area (Å²) in [5.74, 6) is 1.22. The Morgan fingerprint density at radius 3 is 2.26 bits per heavy atom. The fraction of sp³-hybridized carbons (Fsp3) is 0.240. The molecule has 178 valence electrons. The van der Waals surface area contributed by atoms with Gasteiger partial charge in [-0.2, -0.15) is 4.31 Å². The van der Waals surface area contributed by atoms with E-state index in [1.54, 1.807) is 79.9 Å². The summed E-state index contributed by atoms with van der Waals surface area (Å²) in [6.07, 6.45) is 0.847. The fourth-order valence-electron chi connectivity index (χ4n) is 3.79. The van der Waals surface area contributed by atoms with Crippen LogP contribution in [0.1, 0.15) is 12.8 Å². The third-order valence-electron chi connectivity index (χ3n) is 5.69. The number of anilines is 1. The third-order valence-corrected chi connectivity index (χ3v) is 7.84. The van der Waals surface area contributed by atoms with Crippen molar-refractivity contribution in [3.63, 3.8) is 0 Å². The normalized spacial score (nSPS) is 15.0. The summed E-state index contributed by atoms with van der Waals surface area (Å²) in [5.41, 5.74) is 0.452. The standard InChI is InChI=1S/C25H25ClN2O5S/c1-32-20-8-10-21(11-9-20)33-24-12-7-19(26)17-23(24)27-25(29)18-13-15-28(16-14-18)34(30,31)22-5-3-2-4-6-22/h2-12,17-18H,13-16H2,1H3,(H,27,29). The van der Waals surface area contributed by atoms with Crippen molar-refractivity contribution in [2.24, 2.45) is 5.92 Å². The van der Waals surface area contributed by atoms with Crippen LogP contribution in [0.2, 0.25) is 5.02 Å². The smallest absolute Gasteiger partial charge is 0.243 e. The molecule has 7 nitrogen and oxygen atoms in total. The van der Waals surface area contributed by atoms with E-state index in [9.17, 15) is 13.2 Å². The van der Waals surface area contributed by atoms with Crippen LogP contribution in [0.5, 0.6) is 17.2 Å². The summed E-state index contributed by atoms with van der Waals surface area (Å²) in [7, 11) is -1.98. The van der Waals surface area contributed by atoms with Crippen molar-refractivity contribution < 1.29 is 22.7 Å². The van der Waals surface area contributed by atoms with E-state index in [1.165, 1.54) is 4.31 Å². The van der Waals surface area contributed by atoms with Crippen molar-refractivity contribution >= 4 is 33.2 Å². The van der Waals surface area contributed by atoms with Gasteiger partial charge in [0.2, 0.25) is 15.9 Å². The number of piperidine rings is 1. The van der Waals surface area contributed by atoms with E-state index in [4.69, 9.17) is 21.1 Å². The van der Waals surface area contributed by atoms with Gasteiger partial charge >= 0.3 is 0 Å². The maximum absolute atomic E-state index is 13.0. The molecule has 1 amide bonds. The molecule has 1 fully saturated rings. The van der Waals surface area contributed by atoms with E-state index in [1.807, 2.05) is 0 Å². The Morgan fingerprint density at radius 2 is 1.62 bits per heavy atom. The maximum Gasteiger partial charge on any atom is 0.243 e. The number of methoxy groups -OCH3 is 1. The quantitative estimate of drug-likeness (QED) is 0.483. The largest absolute Gasteiger partial charge is 0.497 e. The SMILES string of the molecule is COc1ccc(Oc2ccc(Cl)cc2NC(=O)C2CCN(S(=O)(=O)c3ccccc3)CC2)cc1. The molecule has 0 spiro atoms. The zero-order chi connectivity index (χ0) is 24.1. The molecule has 3 aromatic carbocycles. The Labute approximate surface area is 204 Å². The number of rotatable bonds is 7. The van der Waals surface area contributed by atoms with Crippen LogP contribution < -0.4 is 14.8 Å². The number of ether oxygens (including phenoxy) is 2. The predicted octanol–water partition coefficient (Wildman–Crippen LogP) is 5.18. The zero-order valence-electron chi connectivity index (χ0n) is 18.6. The Morgan fingerprint density at radius 1 is 0.971 bits per heavy atom. The summed E-state index contributed by atoms with van der Waals surface area (Å²) in [4.78, 5) is 13.3. The number of carbonyl (C=O) groups excluding carboxylic acids is 1. The van der Waals surface area contributed by atoms with E-state index >= 15 is 0 Å². The first-order valence-electron chi connectivity index (χ1n) is 10.8. The van der Waals surface area contributed by atoms with Crippen molar-refractivity contribution in [2.75, 3.05) is 25.5 Å². The molecule has 0 saturated carbocycles. The molecule has 0 aliphatic carbocycles. The molecule has 0 unspecified atom stereocenters. The highest BCUT2D eigenvalue weighted by molar-refractivity contribution is 7.89. The minimum atomic E-state index is -3.57. The van der Waals surface area contributed by atoms with E-state index in [-0.39, 0.29) is 29.8 Å². The van der Waals surface area contributed by atoms with Gasteiger partial charge in [0, 0.05) is 24.0 Å². The summed E-state index contributed by atoms with van der Waals surface area (Å²) in [6.45, 7) is 0.556. The number of hydrogen-bond donors (Lipinski definition) is 1. The minimum absolute atomic E-state index is 0.196. The molecule has 0 radical (unpaired) electrons. The maximum atomic E-state index is 13.0. The topological polar surface area (TPSA) is 84.9 Å². The summed E-state index contributed by atoms with van der Waals surface area (Å²) in [5, 5.41) is 3.37. The molecule has 0 aromatic heterocycles. The average Bonchev–Trinajstić information content (AvgIpc) is 2.86. The second-order valence-corrected chi connectivity index (χ2v) is 10.3. The predicted molar refractivity (Wildman–Crippen MR) is 131 cm³/mol. The molecule has 9 heteroatoms. The van der Waals surface area contributed by atoms with Gasteiger partial charge in [-0.25, -0.2) is 8.42 Å². The monoisotopic (exact) mass is 500 g/mol. The number of nitrogens with one attached hydrogen (secondary N) is 1. The molecule has 0 atom stereocenters. The van der Waals surface area contributed by atoms with Gasteiger partial charge in [-0.3, -0.25) is 4.79 Å². The number of sulfonamides is 1. The Kier molecular flexibility index (Phi) is 7.41. The molecular formula is C25H25ClN2O5S. The van der Waals surface area contributed by atoms with Crippen LogP contribution in [0.15, 0.2) is 77.7 Å². The number of amides is 1. The van der Waals surface area contributed by atoms with Crippen LogP contribution in [0.4, 0.5) is 5.69 Å². The van der Waals surface area contributed by atoms with E-state index < -0.39 is 10.0 Å². The average molecular weight is 501 g/mol. The minimum Gasteiger partial charge on any atom is -0.497 e. The molecule has 34 heavy (non-hydrogen) atoms. The number of nitrogens with zero attached hydrogens (tertiary/aromatic N) is 1. The van der Waals surface area contributed by atoms with Crippen LogP contribution >= 0.6 is 11.6 Å². The molecule has 4 rings (SSSR count). The summed E-state index contributed by atoms with van der Waals surface area (Å²) < 4.78 is 38.2. The Bertz CT molecular complexity index is 1240. The number of benzene rings is 3. The fourth-order valence-corrected chi connectivity index (χ4v) is 5.46. The molecular weight excluding hydrogens is 476 g/mol. The van der Waals surface area contributed by atoms with E-state index in [0.29, 0.717) is 40.8 Å². The highest BCUT2D eigenvalue weighted by Gasteiger charge is 2.32. The second-order valence-electron chi connectivity index (χ2n) is 7.90. The first kappa shape index (κ1) is 24.1. The number of carbonyl (C=O) groups is 1. The van der Waals surface area contributed by atoms with Gasteiger partial charge in [-0.05, 0) is 67.4 Å². The Balaban J connectivity index is 1.42. The van der Waals surface area contributed by atoms with Crippen LogP contribution in [0.25, 0.3) is 0 Å². The van der Waals surface area contributed by atoms with Gasteiger partial charge in [-0.1, -0.05) is 29.8 Å². The lowest BCUT2D eigenvalue weighted by Gasteiger charge is -2.30. The lowest BCUT2D eigenvalue weighted by Crippen LogP contribution is -2.41. The van der Waals surface area contributed by atoms with Crippen LogP contribution in [-0.4, -0.2) is 38.8 Å². The highest BCUT2D eigenvalue weighted by Crippen LogP contribution is 2.34. The molecule has 1 saturated heterocycles. The molecule has 1 aliphatic rings. The van der Waals surface area contributed by atoms with Gasteiger partial charge in [0.15, 0.2) is 5.75 Å². The van der Waals surface area contributed by atoms with Crippen LogP contribution in [0.3, 0.4) is 0 Å². The van der Waals surface area contributed by atoms with Gasteiger partial charge in [-0.15, -0.1) is 0 Å². The molecule has 1 heterocycles. The first-order valence-corrected chi connectivity index (χ1v) is 12.7. The molecule has 1 N–H and O–H groups in total. The van der Waals surface area contributed by atoms with Crippen molar-refractivity contribution in [1.29, 1.82) is 0 Å². The lowest BCUT2D eigenvalue weighted by atomic mass is 9.97. The van der Waals surface area contributed by atoms with Gasteiger partial charge in [0.25, 0.3) is 0 Å². The third kappa shape index (κ3) is 5.52. The van der Waals surface area contributed by atoms with Crippen molar-refractivity contribution in [3.8, 4) is 17.2 Å². The Hall–Kier alpha value is -3.07. The number of halogens is 1. The molecule has 0 bridgehead atoms. The van der Waals surface area contributed by atoms with E-state index in [0.717, 1.165) is 0 Å². The van der Waals surface area contributed by atoms with E-state index in [2.05, 4.69) is 5.32 Å².